The van der Waals surface area contributed by atoms with Crippen molar-refractivity contribution in [3.05, 3.63) is 101 Å². The minimum absolute atomic E-state index is 0.0134. The largest absolute Gasteiger partial charge is 0.493 e. The SMILES string of the molecule is CC.COc1ccc(C(=O)c2ccccc2)c(OC)c1OC.CS(=O)(=O)C1=CC(=[N+]=[N-])C(=O)c2ccccc21. The predicted octanol–water partition coefficient (Wildman–Crippen LogP) is 4.91. The molecule has 0 unspecified atom stereocenters. The van der Waals surface area contributed by atoms with Crippen LogP contribution in [0.1, 0.15) is 45.7 Å². The molecule has 3 aromatic carbocycles. The number of hydrogen-bond donors (Lipinski definition) is 0. The maximum Gasteiger partial charge on any atom is 0.364 e. The first-order valence-corrected chi connectivity index (χ1v) is 13.7. The first-order valence-electron chi connectivity index (χ1n) is 11.8. The fourth-order valence-corrected chi connectivity index (χ4v) is 4.61. The van der Waals surface area contributed by atoms with E-state index in [0.29, 0.717) is 33.9 Å². The molecule has 0 fully saturated rings. The predicted molar refractivity (Wildman–Crippen MR) is 150 cm³/mol. The second kappa shape index (κ2) is 13.9. The number of fused-ring (bicyclic) bond motifs is 1. The summed E-state index contributed by atoms with van der Waals surface area (Å²) in [4.78, 5) is 27.1. The number of Topliss-reactive ketones (excluding diaryl/α,β-unsaturated/α-hetero) is 1. The molecule has 9 nitrogen and oxygen atoms in total. The van der Waals surface area contributed by atoms with Crippen LogP contribution in [0.4, 0.5) is 0 Å². The van der Waals surface area contributed by atoms with Gasteiger partial charge < -0.3 is 19.7 Å². The number of rotatable bonds is 6. The Kier molecular flexibility index (Phi) is 10.9. The molecule has 39 heavy (non-hydrogen) atoms. The zero-order valence-electron chi connectivity index (χ0n) is 22.6. The van der Waals surface area contributed by atoms with Crippen molar-refractivity contribution in [1.29, 1.82) is 0 Å². The normalized spacial score (nSPS) is 11.8. The van der Waals surface area contributed by atoms with Crippen molar-refractivity contribution in [3.63, 3.8) is 0 Å². The summed E-state index contributed by atoms with van der Waals surface area (Å²) in [5, 5.41) is 0. The summed E-state index contributed by atoms with van der Waals surface area (Å²) in [5.41, 5.74) is 10.0. The van der Waals surface area contributed by atoms with Gasteiger partial charge in [-0.1, -0.05) is 68.4 Å². The summed E-state index contributed by atoms with van der Waals surface area (Å²) >= 11 is 0. The van der Waals surface area contributed by atoms with E-state index in [-0.39, 0.29) is 22.0 Å². The lowest BCUT2D eigenvalue weighted by Gasteiger charge is -2.15. The van der Waals surface area contributed by atoms with Crippen molar-refractivity contribution < 1.29 is 37.0 Å². The van der Waals surface area contributed by atoms with E-state index in [4.69, 9.17) is 19.7 Å². The Labute approximate surface area is 228 Å². The first kappa shape index (κ1) is 30.7. The Bertz CT molecular complexity index is 1540. The van der Waals surface area contributed by atoms with Crippen LogP contribution in [0.15, 0.2) is 72.8 Å². The van der Waals surface area contributed by atoms with Gasteiger partial charge in [-0.05, 0) is 12.1 Å². The van der Waals surface area contributed by atoms with Gasteiger partial charge in [-0.15, -0.1) is 0 Å². The maximum atomic E-state index is 12.5. The van der Waals surface area contributed by atoms with Crippen LogP contribution in [0.5, 0.6) is 17.2 Å². The number of carbonyl (C=O) groups excluding carboxylic acids is 2. The third kappa shape index (κ3) is 6.87. The van der Waals surface area contributed by atoms with Crippen LogP contribution in [0.25, 0.3) is 10.4 Å². The molecule has 0 radical (unpaired) electrons. The van der Waals surface area contributed by atoms with Gasteiger partial charge in [-0.2, -0.15) is 4.79 Å². The summed E-state index contributed by atoms with van der Waals surface area (Å²) < 4.78 is 39.0. The highest BCUT2D eigenvalue weighted by Crippen LogP contribution is 2.40. The lowest BCUT2D eigenvalue weighted by atomic mass is 9.95. The summed E-state index contributed by atoms with van der Waals surface area (Å²) in [5.74, 6) is 0.699. The van der Waals surface area contributed by atoms with E-state index in [0.717, 1.165) is 12.3 Å². The van der Waals surface area contributed by atoms with Crippen LogP contribution in [-0.2, 0) is 9.84 Å². The number of hydrogen-bond acceptors (Lipinski definition) is 7. The smallest absolute Gasteiger partial charge is 0.364 e. The molecule has 10 heteroatoms. The number of methoxy groups -OCH3 is 3. The third-order valence-corrected chi connectivity index (χ3v) is 6.57. The molecule has 0 atom stereocenters. The molecule has 0 saturated heterocycles. The Morgan fingerprint density at radius 1 is 0.795 bits per heavy atom. The molecule has 0 aromatic heterocycles. The van der Waals surface area contributed by atoms with Gasteiger partial charge in [0.15, 0.2) is 27.1 Å². The first-order chi connectivity index (χ1) is 18.7. The molecule has 0 saturated carbocycles. The number of carbonyl (C=O) groups is 2. The molecule has 0 heterocycles. The average molecular weight is 551 g/mol. The third-order valence-electron chi connectivity index (χ3n) is 5.43. The summed E-state index contributed by atoms with van der Waals surface area (Å²) in [6, 6.07) is 18.7. The Morgan fingerprint density at radius 3 is 1.87 bits per heavy atom. The van der Waals surface area contributed by atoms with E-state index in [1.807, 2.05) is 32.0 Å². The number of sulfone groups is 1. The molecule has 1 aliphatic carbocycles. The fourth-order valence-electron chi connectivity index (χ4n) is 3.71. The highest BCUT2D eigenvalue weighted by atomic mass is 32.2. The summed E-state index contributed by atoms with van der Waals surface area (Å²) in [7, 11) is 1.06. The number of nitrogens with zero attached hydrogens (tertiary/aromatic N) is 2. The van der Waals surface area contributed by atoms with Crippen LogP contribution in [0.3, 0.4) is 0 Å². The Morgan fingerprint density at radius 2 is 1.36 bits per heavy atom. The molecule has 4 rings (SSSR count). The average Bonchev–Trinajstić information content (AvgIpc) is 2.97. The monoisotopic (exact) mass is 550 g/mol. The lowest BCUT2D eigenvalue weighted by molar-refractivity contribution is -0.00437. The Hall–Kier alpha value is -4.53. The van der Waals surface area contributed by atoms with Gasteiger partial charge in [0.25, 0.3) is 5.78 Å². The fraction of sp³-hybridized carbons (Fsp3) is 0.207. The van der Waals surface area contributed by atoms with Crippen molar-refractivity contribution in [2.45, 2.75) is 13.8 Å². The van der Waals surface area contributed by atoms with E-state index in [2.05, 4.69) is 4.79 Å². The number of ether oxygens (including phenoxy) is 3. The van der Waals surface area contributed by atoms with E-state index in [9.17, 15) is 18.0 Å². The van der Waals surface area contributed by atoms with E-state index in [1.54, 1.807) is 42.5 Å². The standard InChI is InChI=1S/C16H16O4.C11H8N2O3S.C2H6/c1-18-13-10-9-12(15(19-2)16(13)20-3)14(17)11-7-5-4-6-8-11;1-17(15,16)10-6-9(13-12)11(14)8-5-3-2-4-7(8)10;1-2/h4-10H,1-3H3;2-6H,1H3;1-2H3. The molecular weight excluding hydrogens is 520 g/mol. The number of ketones is 2. The summed E-state index contributed by atoms with van der Waals surface area (Å²) in [6.45, 7) is 4.00. The molecule has 0 amide bonds. The zero-order chi connectivity index (χ0) is 29.2. The van der Waals surface area contributed by atoms with Gasteiger partial charge >= 0.3 is 5.71 Å². The van der Waals surface area contributed by atoms with E-state index in [1.165, 1.54) is 27.4 Å². The van der Waals surface area contributed by atoms with Crippen LogP contribution in [0, 0.1) is 0 Å². The van der Waals surface area contributed by atoms with Crippen molar-refractivity contribution in [1.82, 2.24) is 0 Å². The molecular formula is C29H30N2O7S. The molecule has 0 bridgehead atoms. The number of allylic oxidation sites excluding steroid dienone is 1. The second-order valence-electron chi connectivity index (χ2n) is 7.72. The second-order valence-corrected chi connectivity index (χ2v) is 9.70. The van der Waals surface area contributed by atoms with Crippen LogP contribution in [-0.4, -0.2) is 58.1 Å². The van der Waals surface area contributed by atoms with Gasteiger partial charge in [0.2, 0.25) is 5.75 Å². The van der Waals surface area contributed by atoms with Gasteiger partial charge in [0.1, 0.15) is 0 Å². The highest BCUT2D eigenvalue weighted by molar-refractivity contribution is 8.00. The lowest BCUT2D eigenvalue weighted by Crippen LogP contribution is -2.22. The van der Waals surface area contributed by atoms with Crippen LogP contribution in [0.2, 0.25) is 0 Å². The topological polar surface area (TPSA) is 132 Å². The molecule has 0 N–H and O–H groups in total. The Balaban J connectivity index is 0.000000260. The quantitative estimate of drug-likeness (QED) is 0.242. The van der Waals surface area contributed by atoms with Crippen LogP contribution >= 0.6 is 0 Å². The molecule has 3 aromatic rings. The van der Waals surface area contributed by atoms with Crippen molar-refractivity contribution >= 4 is 32.0 Å². The molecule has 0 spiro atoms. The van der Waals surface area contributed by atoms with Gasteiger partial charge in [-0.3, -0.25) is 9.59 Å². The van der Waals surface area contributed by atoms with Gasteiger partial charge in [0, 0.05) is 22.9 Å². The molecule has 1 aliphatic rings. The van der Waals surface area contributed by atoms with Gasteiger partial charge in [0.05, 0.1) is 37.9 Å². The summed E-state index contributed by atoms with van der Waals surface area (Å²) in [6.07, 6.45) is 2.13. The minimum Gasteiger partial charge on any atom is -0.493 e. The number of benzene rings is 3. The van der Waals surface area contributed by atoms with E-state index >= 15 is 0 Å². The molecule has 204 valence electrons. The highest BCUT2D eigenvalue weighted by Gasteiger charge is 2.33. The minimum atomic E-state index is -3.49. The zero-order valence-corrected chi connectivity index (χ0v) is 23.4. The van der Waals surface area contributed by atoms with Crippen molar-refractivity contribution in [3.8, 4) is 17.2 Å². The van der Waals surface area contributed by atoms with Crippen LogP contribution < -0.4 is 14.2 Å². The molecule has 0 aliphatic heterocycles. The van der Waals surface area contributed by atoms with Crippen molar-refractivity contribution in [2.24, 2.45) is 0 Å². The van der Waals surface area contributed by atoms with Gasteiger partial charge in [-0.25, -0.2) is 8.42 Å². The van der Waals surface area contributed by atoms with Crippen molar-refractivity contribution in [2.75, 3.05) is 27.6 Å². The van der Waals surface area contributed by atoms with E-state index < -0.39 is 15.6 Å². The maximum absolute atomic E-state index is 12.5.